The first-order chi connectivity index (χ1) is 13.5. The van der Waals surface area contributed by atoms with Crippen LogP contribution < -0.4 is 5.32 Å². The third-order valence-corrected chi connectivity index (χ3v) is 5.73. The number of rotatable bonds is 2. The number of ether oxygens (including phenoxy) is 1. The summed E-state index contributed by atoms with van der Waals surface area (Å²) in [6.07, 6.45) is 1.60. The maximum absolute atomic E-state index is 11.7. The van der Waals surface area contributed by atoms with Crippen molar-refractivity contribution in [3.8, 4) is 6.07 Å². The zero-order valence-corrected chi connectivity index (χ0v) is 16.6. The second kappa shape index (κ2) is 7.35. The topological polar surface area (TPSA) is 62.1 Å². The molecule has 4 nitrogen and oxygen atoms in total. The van der Waals surface area contributed by atoms with E-state index in [1.54, 1.807) is 12.1 Å². The Morgan fingerprint density at radius 3 is 2.68 bits per heavy atom. The standard InChI is InChI=1S/C22H16Cl2N2O2/c1-12(27)26-22-17(11-25)20(14-7-9-18(23)19(24)10-14)16-8-6-13-4-2-3-5-15(13)21(16)28-22/h2-5,7,9-10,20H,6,8H2,1H3,(H,26,27). The average Bonchev–Trinajstić information content (AvgIpc) is 2.68. The van der Waals surface area contributed by atoms with Crippen molar-refractivity contribution in [1.82, 2.24) is 5.32 Å². The van der Waals surface area contributed by atoms with Gasteiger partial charge in [0.15, 0.2) is 0 Å². The fourth-order valence-electron chi connectivity index (χ4n) is 3.80. The van der Waals surface area contributed by atoms with Crippen LogP contribution in [0.25, 0.3) is 5.76 Å². The van der Waals surface area contributed by atoms with Gasteiger partial charge in [-0.25, -0.2) is 0 Å². The van der Waals surface area contributed by atoms with Gasteiger partial charge in [0.2, 0.25) is 11.8 Å². The molecule has 0 spiro atoms. The second-order valence-corrected chi connectivity index (χ2v) is 7.57. The lowest BCUT2D eigenvalue weighted by atomic mass is 9.76. The molecule has 140 valence electrons. The highest BCUT2D eigenvalue weighted by Crippen LogP contribution is 2.48. The van der Waals surface area contributed by atoms with Crippen molar-refractivity contribution in [1.29, 1.82) is 5.26 Å². The van der Waals surface area contributed by atoms with Crippen molar-refractivity contribution in [2.45, 2.75) is 25.7 Å². The highest BCUT2D eigenvalue weighted by Gasteiger charge is 2.37. The number of aryl methyl sites for hydroxylation is 1. The quantitative estimate of drug-likeness (QED) is 0.726. The molecule has 0 fully saturated rings. The van der Waals surface area contributed by atoms with Crippen LogP contribution in [0.2, 0.25) is 10.0 Å². The number of carbonyl (C=O) groups excluding carboxylic acids is 1. The van der Waals surface area contributed by atoms with Gasteiger partial charge in [-0.1, -0.05) is 53.5 Å². The molecule has 1 amide bonds. The van der Waals surface area contributed by atoms with Crippen LogP contribution in [0.15, 0.2) is 59.5 Å². The number of hydrogen-bond donors (Lipinski definition) is 1. The molecule has 0 saturated carbocycles. The van der Waals surface area contributed by atoms with Gasteiger partial charge in [0.25, 0.3) is 0 Å². The minimum Gasteiger partial charge on any atom is -0.439 e. The van der Waals surface area contributed by atoms with Crippen molar-refractivity contribution in [3.05, 3.63) is 86.2 Å². The SMILES string of the molecule is CC(=O)NC1=C(C#N)C(c2ccc(Cl)c(Cl)c2)C2=C(O1)c1ccccc1CC2. The number of hydrogen-bond acceptors (Lipinski definition) is 3. The summed E-state index contributed by atoms with van der Waals surface area (Å²) in [5.74, 6) is 0.199. The van der Waals surface area contributed by atoms with E-state index in [4.69, 9.17) is 27.9 Å². The molecule has 1 atom stereocenters. The van der Waals surface area contributed by atoms with Crippen LogP contribution in [-0.4, -0.2) is 5.91 Å². The van der Waals surface area contributed by atoms with Gasteiger partial charge in [-0.2, -0.15) is 5.26 Å². The Kier molecular flexibility index (Phi) is 4.89. The van der Waals surface area contributed by atoms with Crippen LogP contribution in [-0.2, 0) is 16.0 Å². The van der Waals surface area contributed by atoms with Crippen LogP contribution in [0.3, 0.4) is 0 Å². The molecule has 1 aliphatic heterocycles. The van der Waals surface area contributed by atoms with Gasteiger partial charge in [-0.05, 0) is 41.7 Å². The Morgan fingerprint density at radius 2 is 1.96 bits per heavy atom. The number of nitrogens with one attached hydrogen (secondary N) is 1. The van der Waals surface area contributed by atoms with E-state index in [-0.39, 0.29) is 17.7 Å². The number of benzene rings is 2. The lowest BCUT2D eigenvalue weighted by Gasteiger charge is -2.34. The first kappa shape index (κ1) is 18.6. The van der Waals surface area contributed by atoms with E-state index < -0.39 is 0 Å². The lowest BCUT2D eigenvalue weighted by molar-refractivity contribution is -0.118. The summed E-state index contributed by atoms with van der Waals surface area (Å²) in [7, 11) is 0. The van der Waals surface area contributed by atoms with Gasteiger partial charge in [0, 0.05) is 18.4 Å². The Bertz CT molecular complexity index is 1100. The number of carbonyl (C=O) groups is 1. The normalized spacial score (nSPS) is 18.0. The van der Waals surface area contributed by atoms with Crippen molar-refractivity contribution in [2.24, 2.45) is 0 Å². The number of fused-ring (bicyclic) bond motifs is 2. The smallest absolute Gasteiger partial charge is 0.223 e. The summed E-state index contributed by atoms with van der Waals surface area (Å²) in [6, 6.07) is 15.6. The Hall–Kier alpha value is -2.74. The monoisotopic (exact) mass is 410 g/mol. The summed E-state index contributed by atoms with van der Waals surface area (Å²) in [5, 5.41) is 13.4. The van der Waals surface area contributed by atoms with E-state index in [0.717, 1.165) is 29.5 Å². The molecule has 1 heterocycles. The molecule has 1 N–H and O–H groups in total. The molecule has 4 rings (SSSR count). The van der Waals surface area contributed by atoms with Crippen LogP contribution in [0, 0.1) is 11.3 Å². The Balaban J connectivity index is 1.94. The third kappa shape index (κ3) is 3.17. The maximum Gasteiger partial charge on any atom is 0.223 e. The van der Waals surface area contributed by atoms with Gasteiger partial charge in [0.05, 0.1) is 10.0 Å². The molecule has 28 heavy (non-hydrogen) atoms. The van der Waals surface area contributed by atoms with Crippen LogP contribution in [0.5, 0.6) is 0 Å². The van der Waals surface area contributed by atoms with E-state index in [1.807, 2.05) is 24.3 Å². The second-order valence-electron chi connectivity index (χ2n) is 6.76. The van der Waals surface area contributed by atoms with Gasteiger partial charge < -0.3 is 4.74 Å². The van der Waals surface area contributed by atoms with E-state index in [0.29, 0.717) is 21.4 Å². The molecule has 1 unspecified atom stereocenters. The molecule has 1 aliphatic carbocycles. The predicted molar refractivity (Wildman–Crippen MR) is 108 cm³/mol. The highest BCUT2D eigenvalue weighted by molar-refractivity contribution is 6.42. The van der Waals surface area contributed by atoms with Crippen LogP contribution in [0.4, 0.5) is 0 Å². The highest BCUT2D eigenvalue weighted by atomic mass is 35.5. The Morgan fingerprint density at radius 1 is 1.18 bits per heavy atom. The number of allylic oxidation sites excluding steroid dienone is 2. The molecule has 2 aromatic rings. The zero-order chi connectivity index (χ0) is 19.8. The minimum absolute atomic E-state index is 0.168. The maximum atomic E-state index is 11.7. The van der Waals surface area contributed by atoms with Crippen molar-refractivity contribution < 1.29 is 9.53 Å². The number of halogens is 2. The van der Waals surface area contributed by atoms with E-state index in [1.165, 1.54) is 12.5 Å². The molecule has 0 saturated heterocycles. The summed E-state index contributed by atoms with van der Waals surface area (Å²) in [5.41, 5.74) is 4.35. The number of amides is 1. The molecule has 0 aromatic heterocycles. The third-order valence-electron chi connectivity index (χ3n) is 4.99. The van der Waals surface area contributed by atoms with Gasteiger partial charge in [0.1, 0.15) is 17.4 Å². The van der Waals surface area contributed by atoms with Crippen LogP contribution in [0.1, 0.15) is 36.0 Å². The Labute approximate surface area is 173 Å². The van der Waals surface area contributed by atoms with Gasteiger partial charge in [-0.3, -0.25) is 10.1 Å². The lowest BCUT2D eigenvalue weighted by Crippen LogP contribution is -2.29. The summed E-state index contributed by atoms with van der Waals surface area (Å²) in [4.78, 5) is 11.7. The van der Waals surface area contributed by atoms with E-state index >= 15 is 0 Å². The predicted octanol–water partition coefficient (Wildman–Crippen LogP) is 5.34. The number of nitrogens with zero attached hydrogens (tertiary/aromatic N) is 1. The minimum atomic E-state index is -0.362. The molecule has 2 aromatic carbocycles. The molecule has 2 aliphatic rings. The summed E-state index contributed by atoms with van der Waals surface area (Å²) < 4.78 is 6.08. The molecule has 0 radical (unpaired) electrons. The average molecular weight is 411 g/mol. The number of nitriles is 1. The molecular formula is C22H16Cl2N2O2. The van der Waals surface area contributed by atoms with Gasteiger partial charge in [-0.15, -0.1) is 0 Å². The van der Waals surface area contributed by atoms with Crippen molar-refractivity contribution >= 4 is 34.9 Å². The van der Waals surface area contributed by atoms with Gasteiger partial charge >= 0.3 is 0 Å². The largest absolute Gasteiger partial charge is 0.439 e. The van der Waals surface area contributed by atoms with Crippen molar-refractivity contribution in [3.63, 3.8) is 0 Å². The summed E-state index contributed by atoms with van der Waals surface area (Å²) >= 11 is 12.3. The van der Waals surface area contributed by atoms with Crippen molar-refractivity contribution in [2.75, 3.05) is 0 Å². The zero-order valence-electron chi connectivity index (χ0n) is 15.1. The molecule has 0 bridgehead atoms. The molecular weight excluding hydrogens is 395 g/mol. The van der Waals surface area contributed by atoms with Crippen LogP contribution >= 0.6 is 23.2 Å². The fraction of sp³-hybridized carbons (Fsp3) is 0.182. The fourth-order valence-corrected chi connectivity index (χ4v) is 4.11. The van der Waals surface area contributed by atoms with E-state index in [2.05, 4.69) is 17.5 Å². The first-order valence-electron chi connectivity index (χ1n) is 8.85. The summed E-state index contributed by atoms with van der Waals surface area (Å²) in [6.45, 7) is 1.39. The first-order valence-corrected chi connectivity index (χ1v) is 9.61. The van der Waals surface area contributed by atoms with E-state index in [9.17, 15) is 10.1 Å². The molecule has 6 heteroatoms.